The third-order valence-corrected chi connectivity index (χ3v) is 3.44. The predicted octanol–water partition coefficient (Wildman–Crippen LogP) is 2.93. The van der Waals surface area contributed by atoms with Crippen molar-refractivity contribution in [3.63, 3.8) is 0 Å². The Labute approximate surface area is 123 Å². The third kappa shape index (κ3) is 3.52. The van der Waals surface area contributed by atoms with Gasteiger partial charge in [0.25, 0.3) is 0 Å². The van der Waals surface area contributed by atoms with Crippen molar-refractivity contribution in [3.05, 3.63) is 59.4 Å². The van der Waals surface area contributed by atoms with Crippen LogP contribution in [0, 0.1) is 5.82 Å². The largest absolute Gasteiger partial charge is 0.486 e. The van der Waals surface area contributed by atoms with Crippen LogP contribution in [0.1, 0.15) is 11.1 Å². The normalized spacial score (nSPS) is 13.2. The Balaban J connectivity index is 1.54. The van der Waals surface area contributed by atoms with Crippen LogP contribution in [-0.2, 0) is 13.0 Å². The van der Waals surface area contributed by atoms with Gasteiger partial charge in [0.05, 0.1) is 0 Å². The fourth-order valence-electron chi connectivity index (χ4n) is 2.42. The lowest BCUT2D eigenvalue weighted by Gasteiger charge is -2.21. The van der Waals surface area contributed by atoms with Crippen LogP contribution < -0.4 is 14.8 Å². The first-order chi connectivity index (χ1) is 10.3. The Bertz CT molecular complexity index is 615. The quantitative estimate of drug-likeness (QED) is 0.858. The molecule has 3 nitrogen and oxygen atoms in total. The Morgan fingerprint density at radius 2 is 1.90 bits per heavy atom. The molecule has 0 radical (unpaired) electrons. The van der Waals surface area contributed by atoms with E-state index in [1.54, 1.807) is 12.1 Å². The lowest BCUT2D eigenvalue weighted by atomic mass is 10.1. The summed E-state index contributed by atoms with van der Waals surface area (Å²) in [6.45, 7) is 2.69. The van der Waals surface area contributed by atoms with Gasteiger partial charge in [0.2, 0.25) is 0 Å². The minimum absolute atomic E-state index is 0.185. The van der Waals surface area contributed by atoms with E-state index < -0.39 is 0 Å². The Kier molecular flexibility index (Phi) is 4.36. The van der Waals surface area contributed by atoms with E-state index in [-0.39, 0.29) is 5.82 Å². The molecule has 2 aromatic rings. The monoisotopic (exact) mass is 287 g/mol. The van der Waals surface area contributed by atoms with E-state index >= 15 is 0 Å². The van der Waals surface area contributed by atoms with E-state index in [0.717, 1.165) is 35.6 Å². The molecule has 3 rings (SSSR count). The first-order valence-corrected chi connectivity index (χ1v) is 7.15. The lowest BCUT2D eigenvalue weighted by molar-refractivity contribution is 0.169. The molecule has 0 saturated carbocycles. The number of fused-ring (bicyclic) bond motifs is 1. The zero-order chi connectivity index (χ0) is 14.5. The maximum absolute atomic E-state index is 13.1. The molecule has 0 fully saturated rings. The summed E-state index contributed by atoms with van der Waals surface area (Å²) in [6.07, 6.45) is 0.796. The summed E-state index contributed by atoms with van der Waals surface area (Å²) in [5.74, 6) is 1.46. The highest BCUT2D eigenvalue weighted by atomic mass is 19.1. The summed E-state index contributed by atoms with van der Waals surface area (Å²) < 4.78 is 24.3. The van der Waals surface area contributed by atoms with E-state index in [4.69, 9.17) is 9.47 Å². The highest BCUT2D eigenvalue weighted by molar-refractivity contribution is 5.47. The molecule has 1 heterocycles. The molecule has 0 unspecified atom stereocenters. The molecule has 21 heavy (non-hydrogen) atoms. The molecule has 0 aliphatic carbocycles. The van der Waals surface area contributed by atoms with Gasteiger partial charge >= 0.3 is 0 Å². The van der Waals surface area contributed by atoms with Gasteiger partial charge in [-0.3, -0.25) is 0 Å². The number of hydrogen-bond acceptors (Lipinski definition) is 3. The Morgan fingerprint density at radius 1 is 1.05 bits per heavy atom. The minimum Gasteiger partial charge on any atom is -0.486 e. The van der Waals surface area contributed by atoms with E-state index in [1.165, 1.54) is 6.07 Å². The molecule has 0 spiro atoms. The zero-order valence-corrected chi connectivity index (χ0v) is 11.8. The van der Waals surface area contributed by atoms with Gasteiger partial charge in [0, 0.05) is 12.1 Å². The smallest absolute Gasteiger partial charge is 0.165 e. The summed E-state index contributed by atoms with van der Waals surface area (Å²) in [5.41, 5.74) is 2.09. The summed E-state index contributed by atoms with van der Waals surface area (Å²) in [7, 11) is 0. The van der Waals surface area contributed by atoms with E-state index in [0.29, 0.717) is 19.8 Å². The molecule has 2 aromatic carbocycles. The molecule has 0 atom stereocenters. The van der Waals surface area contributed by atoms with Gasteiger partial charge in [-0.2, -0.15) is 0 Å². The number of hydrogen-bond donors (Lipinski definition) is 1. The maximum atomic E-state index is 13.1. The second kappa shape index (κ2) is 6.59. The standard InChI is InChI=1S/C17H18FNO2/c18-15-5-1-3-13(11-15)7-8-19-12-14-4-2-6-16-17(14)21-10-9-20-16/h1-6,11,19H,7-10,12H2. The fourth-order valence-corrected chi connectivity index (χ4v) is 2.42. The summed E-state index contributed by atoms with van der Waals surface area (Å²) >= 11 is 0. The number of rotatable bonds is 5. The molecule has 0 bridgehead atoms. The topological polar surface area (TPSA) is 30.5 Å². The molecule has 110 valence electrons. The third-order valence-electron chi connectivity index (χ3n) is 3.44. The van der Waals surface area contributed by atoms with Crippen LogP contribution in [-0.4, -0.2) is 19.8 Å². The van der Waals surface area contributed by atoms with Gasteiger partial charge in [0.15, 0.2) is 11.5 Å². The van der Waals surface area contributed by atoms with Crippen LogP contribution in [0.4, 0.5) is 4.39 Å². The van der Waals surface area contributed by atoms with Crippen molar-refractivity contribution < 1.29 is 13.9 Å². The number of para-hydroxylation sites is 1. The van der Waals surface area contributed by atoms with Crippen molar-refractivity contribution in [1.29, 1.82) is 0 Å². The van der Waals surface area contributed by atoms with Crippen molar-refractivity contribution in [2.24, 2.45) is 0 Å². The lowest BCUT2D eigenvalue weighted by Crippen LogP contribution is -2.20. The number of halogens is 1. The summed E-state index contributed by atoms with van der Waals surface area (Å²) in [4.78, 5) is 0. The van der Waals surface area contributed by atoms with Gasteiger partial charge in [-0.25, -0.2) is 4.39 Å². The van der Waals surface area contributed by atoms with Crippen molar-refractivity contribution in [2.75, 3.05) is 19.8 Å². The van der Waals surface area contributed by atoms with Crippen molar-refractivity contribution in [3.8, 4) is 11.5 Å². The average molecular weight is 287 g/mol. The number of nitrogens with one attached hydrogen (secondary N) is 1. The van der Waals surface area contributed by atoms with Gasteiger partial charge < -0.3 is 14.8 Å². The SMILES string of the molecule is Fc1cccc(CCNCc2cccc3c2OCCO3)c1. The molecule has 0 aromatic heterocycles. The van der Waals surface area contributed by atoms with Gasteiger partial charge in [-0.1, -0.05) is 24.3 Å². The van der Waals surface area contributed by atoms with Crippen molar-refractivity contribution >= 4 is 0 Å². The molecule has 1 aliphatic heterocycles. The summed E-state index contributed by atoms with van der Waals surface area (Å²) in [5, 5.41) is 3.36. The molecule has 0 amide bonds. The van der Waals surface area contributed by atoms with E-state index in [9.17, 15) is 4.39 Å². The van der Waals surface area contributed by atoms with Gasteiger partial charge in [0.1, 0.15) is 19.0 Å². The fraction of sp³-hybridized carbons (Fsp3) is 0.294. The molecular formula is C17H18FNO2. The van der Waals surface area contributed by atoms with Crippen LogP contribution in [0.3, 0.4) is 0 Å². The minimum atomic E-state index is -0.185. The maximum Gasteiger partial charge on any atom is 0.165 e. The first kappa shape index (κ1) is 13.9. The molecular weight excluding hydrogens is 269 g/mol. The van der Waals surface area contributed by atoms with Gasteiger partial charge in [-0.15, -0.1) is 0 Å². The first-order valence-electron chi connectivity index (χ1n) is 7.15. The van der Waals surface area contributed by atoms with Crippen molar-refractivity contribution in [1.82, 2.24) is 5.32 Å². The van der Waals surface area contributed by atoms with Crippen LogP contribution in [0.5, 0.6) is 11.5 Å². The molecule has 1 N–H and O–H groups in total. The molecule has 0 saturated heterocycles. The average Bonchev–Trinajstić information content (AvgIpc) is 2.52. The number of ether oxygens (including phenoxy) is 2. The highest BCUT2D eigenvalue weighted by Gasteiger charge is 2.14. The van der Waals surface area contributed by atoms with Crippen LogP contribution in [0.25, 0.3) is 0 Å². The molecule has 1 aliphatic rings. The Hall–Kier alpha value is -2.07. The van der Waals surface area contributed by atoms with Crippen molar-refractivity contribution in [2.45, 2.75) is 13.0 Å². The van der Waals surface area contributed by atoms with Crippen LogP contribution >= 0.6 is 0 Å². The summed E-state index contributed by atoms with van der Waals surface area (Å²) in [6, 6.07) is 12.6. The Morgan fingerprint density at radius 3 is 2.81 bits per heavy atom. The van der Waals surface area contributed by atoms with Crippen LogP contribution in [0.2, 0.25) is 0 Å². The predicted molar refractivity (Wildman–Crippen MR) is 79.2 cm³/mol. The van der Waals surface area contributed by atoms with E-state index in [1.807, 2.05) is 24.3 Å². The molecule has 4 heteroatoms. The van der Waals surface area contributed by atoms with Crippen LogP contribution in [0.15, 0.2) is 42.5 Å². The van der Waals surface area contributed by atoms with Gasteiger partial charge in [-0.05, 0) is 36.7 Å². The second-order valence-electron chi connectivity index (χ2n) is 5.00. The zero-order valence-electron chi connectivity index (χ0n) is 11.8. The highest BCUT2D eigenvalue weighted by Crippen LogP contribution is 2.33. The second-order valence-corrected chi connectivity index (χ2v) is 5.00. The van der Waals surface area contributed by atoms with E-state index in [2.05, 4.69) is 5.32 Å². The number of benzene rings is 2.